The van der Waals surface area contributed by atoms with E-state index in [2.05, 4.69) is 30.4 Å². The molecule has 0 atom stereocenters. The number of nitrogens with zero attached hydrogens (tertiary/aromatic N) is 5. The van der Waals surface area contributed by atoms with Gasteiger partial charge in [-0.25, -0.2) is 19.0 Å². The van der Waals surface area contributed by atoms with E-state index in [1.807, 2.05) is 36.4 Å². The summed E-state index contributed by atoms with van der Waals surface area (Å²) in [6.07, 6.45) is 6.81. The quantitative estimate of drug-likeness (QED) is 0.0818. The number of hydrogen-bond acceptors (Lipinski definition) is 8. The Morgan fingerprint density at radius 3 is 1.87 bits per heavy atom. The first-order valence-corrected chi connectivity index (χ1v) is 21.9. The summed E-state index contributed by atoms with van der Waals surface area (Å²) in [7, 11) is 0. The lowest BCUT2D eigenvalue weighted by atomic mass is 9.99. The highest BCUT2D eigenvalue weighted by atomic mass is 19.1. The van der Waals surface area contributed by atoms with E-state index in [0.717, 1.165) is 60.8 Å². The number of nitrogen functional groups attached to an aromatic ring is 1. The molecule has 0 unspecified atom stereocenters. The molecule has 0 bridgehead atoms. The molecule has 6 aromatic heterocycles. The smallest absolute Gasteiger partial charge is 0.353 e. The van der Waals surface area contributed by atoms with Gasteiger partial charge in [0.25, 0.3) is 11.1 Å². The summed E-state index contributed by atoms with van der Waals surface area (Å²) in [5.41, 5.74) is 15.2. The third-order valence-electron chi connectivity index (χ3n) is 13.6. The molecule has 0 amide bonds. The maximum Gasteiger partial charge on any atom is 0.353 e. The first-order valence-electron chi connectivity index (χ1n) is 21.9. The molecular weight excluding hydrogens is 854 g/mol. The minimum absolute atomic E-state index is 0.0213. The molecule has 330 valence electrons. The average molecular weight is 892 g/mol. The lowest BCUT2D eigenvalue weighted by Gasteiger charge is -2.14. The molecule has 16 heteroatoms. The Hall–Kier alpha value is -8.66. The van der Waals surface area contributed by atoms with Gasteiger partial charge in [0.2, 0.25) is 0 Å². The van der Waals surface area contributed by atoms with E-state index in [1.165, 1.54) is 12.3 Å². The van der Waals surface area contributed by atoms with Gasteiger partial charge in [-0.3, -0.25) is 9.59 Å². The maximum atomic E-state index is 15.5. The minimum Gasteiger partial charge on any atom is -0.477 e. The molecule has 10 aromatic rings. The number of anilines is 1. The topological polar surface area (TPSA) is 231 Å². The molecule has 0 saturated heterocycles. The summed E-state index contributed by atoms with van der Waals surface area (Å²) in [6, 6.07) is 24.6. The largest absolute Gasteiger partial charge is 0.477 e. The standard InChI is InChI=1S/C51H38FN9O6/c52-36-21-40-39(57-59-58-40)17-30(36)23-61-42-19-27-7-2-5-25(27)15-35(42)45(47(61)51(66)67)33-11-12-37(56-49(33)63)28-9-10-31-29(20-43(53)55-38(31)16-28)22-60-41-18-26-6-1-4-24(26)14-34(41)44(46(60)50(64)65)32-8-3-13-54-48(32)62/h3,8-21H,1-2,4-7,22-23H2,(H2,53,55)(H,54,62)(H,56,63)(H,64,65)(H,66,67)(H,57,58,59). The van der Waals surface area contributed by atoms with Crippen molar-refractivity contribution in [1.82, 2.24) is 39.5 Å². The first-order chi connectivity index (χ1) is 32.5. The molecular formula is C51H38FN9O6. The number of pyridine rings is 3. The van der Waals surface area contributed by atoms with Crippen molar-refractivity contribution < 1.29 is 24.2 Å². The summed E-state index contributed by atoms with van der Waals surface area (Å²) in [5, 5.41) is 34.2. The number of rotatable bonds is 9. The second kappa shape index (κ2) is 14.9. The number of carboxylic acids is 2. The number of nitrogens with one attached hydrogen (secondary N) is 3. The van der Waals surface area contributed by atoms with E-state index in [0.29, 0.717) is 66.1 Å². The van der Waals surface area contributed by atoms with Gasteiger partial charge < -0.3 is 35.0 Å². The molecule has 0 fully saturated rings. The van der Waals surface area contributed by atoms with Crippen molar-refractivity contribution in [2.24, 2.45) is 0 Å². The van der Waals surface area contributed by atoms with Gasteiger partial charge in [0.05, 0.1) is 17.6 Å². The van der Waals surface area contributed by atoms with E-state index < -0.39 is 28.9 Å². The van der Waals surface area contributed by atoms with Gasteiger partial charge in [-0.05, 0) is 133 Å². The van der Waals surface area contributed by atoms with Crippen molar-refractivity contribution in [2.75, 3.05) is 5.73 Å². The molecule has 2 aliphatic rings. The van der Waals surface area contributed by atoms with Crippen molar-refractivity contribution in [1.29, 1.82) is 0 Å². The maximum absolute atomic E-state index is 15.5. The van der Waals surface area contributed by atoms with Crippen LogP contribution in [0.3, 0.4) is 0 Å². The molecule has 15 nitrogen and oxygen atoms in total. The number of nitrogens with two attached hydrogens (primary N) is 1. The zero-order valence-corrected chi connectivity index (χ0v) is 35.5. The van der Waals surface area contributed by atoms with Crippen molar-refractivity contribution in [2.45, 2.75) is 51.6 Å². The van der Waals surface area contributed by atoms with Crippen LogP contribution in [0.2, 0.25) is 0 Å². The molecule has 7 N–H and O–H groups in total. The summed E-state index contributed by atoms with van der Waals surface area (Å²) in [4.78, 5) is 64.4. The van der Waals surface area contributed by atoms with Gasteiger partial charge in [-0.15, -0.1) is 0 Å². The Balaban J connectivity index is 0.959. The molecule has 0 radical (unpaired) electrons. The van der Waals surface area contributed by atoms with Crippen LogP contribution in [0.5, 0.6) is 0 Å². The number of aromatic carboxylic acids is 2. The zero-order chi connectivity index (χ0) is 45.8. The van der Waals surface area contributed by atoms with E-state index in [4.69, 9.17) is 5.73 Å². The average Bonchev–Trinajstić information content (AvgIpc) is 4.16. The number of hydrogen-bond donors (Lipinski definition) is 6. The summed E-state index contributed by atoms with van der Waals surface area (Å²) in [6.45, 7) is -0.0369. The SMILES string of the molecule is Nc1cc(Cn2c(C(=O)O)c(-c3ccc[nH]c3=O)c3cc4c(cc32)CCC4)c2ccc(-c3ccc(-c4c(C(=O)O)n(Cc5cc6n[nH]nc6cc5F)c5cc6c(cc45)CCC6)c(=O)[nH]3)cc2n1. The monoisotopic (exact) mass is 891 g/mol. The van der Waals surface area contributed by atoms with Crippen molar-refractivity contribution in [3.63, 3.8) is 0 Å². The number of fused-ring (bicyclic) bond motifs is 6. The molecule has 12 rings (SSSR count). The second-order valence-corrected chi connectivity index (χ2v) is 17.4. The lowest BCUT2D eigenvalue weighted by Crippen LogP contribution is -2.15. The third kappa shape index (κ3) is 6.35. The van der Waals surface area contributed by atoms with Crippen molar-refractivity contribution in [3.05, 3.63) is 162 Å². The number of aromatic amines is 3. The van der Waals surface area contributed by atoms with E-state index in [9.17, 15) is 29.4 Å². The molecule has 67 heavy (non-hydrogen) atoms. The molecule has 4 aromatic carbocycles. The number of carboxylic acid groups (broad SMARTS) is 2. The second-order valence-electron chi connectivity index (χ2n) is 17.4. The highest BCUT2D eigenvalue weighted by molar-refractivity contribution is 6.10. The fourth-order valence-electron chi connectivity index (χ4n) is 10.6. The molecule has 0 saturated carbocycles. The van der Waals surface area contributed by atoms with E-state index in [-0.39, 0.29) is 52.5 Å². The molecule has 6 heterocycles. The van der Waals surface area contributed by atoms with Crippen LogP contribution in [0, 0.1) is 5.82 Å². The van der Waals surface area contributed by atoms with E-state index >= 15 is 4.39 Å². The normalized spacial score (nSPS) is 13.3. The van der Waals surface area contributed by atoms with Crippen LogP contribution in [-0.4, -0.2) is 61.6 Å². The fraction of sp³-hybridized carbons (Fsp3) is 0.157. The fourth-order valence-corrected chi connectivity index (χ4v) is 10.6. The Labute approximate surface area is 377 Å². The van der Waals surface area contributed by atoms with Crippen LogP contribution in [-0.2, 0) is 38.8 Å². The number of aromatic nitrogens is 8. The number of aryl methyl sites for hydroxylation is 4. The third-order valence-corrected chi connectivity index (χ3v) is 13.6. The van der Waals surface area contributed by atoms with Gasteiger partial charge in [0, 0.05) is 79.5 Å². The van der Waals surface area contributed by atoms with Crippen LogP contribution < -0.4 is 16.9 Å². The highest BCUT2D eigenvalue weighted by Crippen LogP contribution is 2.41. The first kappa shape index (κ1) is 39.9. The number of carbonyl (C=O) groups is 2. The Kier molecular flexibility index (Phi) is 8.90. The Morgan fingerprint density at radius 2 is 1.25 bits per heavy atom. The lowest BCUT2D eigenvalue weighted by molar-refractivity contribution is 0.0676. The van der Waals surface area contributed by atoms with Gasteiger partial charge >= 0.3 is 11.9 Å². The Morgan fingerprint density at radius 1 is 0.657 bits per heavy atom. The van der Waals surface area contributed by atoms with Crippen LogP contribution in [0.1, 0.15) is 67.2 Å². The zero-order valence-electron chi connectivity index (χ0n) is 35.5. The summed E-state index contributed by atoms with van der Waals surface area (Å²) >= 11 is 0. The molecule has 0 spiro atoms. The summed E-state index contributed by atoms with van der Waals surface area (Å²) < 4.78 is 18.8. The number of H-pyrrole nitrogens is 3. The highest BCUT2D eigenvalue weighted by Gasteiger charge is 2.30. The number of benzene rings is 4. The molecule has 2 aliphatic carbocycles. The predicted molar refractivity (Wildman–Crippen MR) is 251 cm³/mol. The van der Waals surface area contributed by atoms with Crippen molar-refractivity contribution >= 4 is 61.5 Å². The van der Waals surface area contributed by atoms with Gasteiger partial charge in [0.1, 0.15) is 34.1 Å². The minimum atomic E-state index is -1.27. The van der Waals surface area contributed by atoms with Gasteiger partial charge in [-0.2, -0.15) is 15.4 Å². The van der Waals surface area contributed by atoms with Crippen LogP contribution in [0.15, 0.2) is 101 Å². The van der Waals surface area contributed by atoms with Crippen LogP contribution in [0.4, 0.5) is 10.2 Å². The van der Waals surface area contributed by atoms with Gasteiger partial charge in [0.15, 0.2) is 0 Å². The van der Waals surface area contributed by atoms with E-state index in [1.54, 1.807) is 51.6 Å². The van der Waals surface area contributed by atoms with Crippen LogP contribution in [0.25, 0.3) is 77.3 Å². The van der Waals surface area contributed by atoms with Crippen molar-refractivity contribution in [3.8, 4) is 33.5 Å². The van der Waals surface area contributed by atoms with Gasteiger partial charge in [-0.1, -0.05) is 12.1 Å². The predicted octanol–water partition coefficient (Wildman–Crippen LogP) is 7.98. The number of halogens is 1. The van der Waals surface area contributed by atoms with Crippen LogP contribution >= 0.6 is 0 Å². The molecule has 0 aliphatic heterocycles. The Bertz CT molecular complexity index is 3930. The summed E-state index contributed by atoms with van der Waals surface area (Å²) in [5.74, 6) is -2.83.